The molecule has 1 atom stereocenters. The molecular weight excluding hydrogens is 188 g/mol. The van der Waals surface area contributed by atoms with Crippen LogP contribution in [0.25, 0.3) is 0 Å². The van der Waals surface area contributed by atoms with E-state index >= 15 is 0 Å². The molecule has 15 heavy (non-hydrogen) atoms. The highest BCUT2D eigenvalue weighted by Crippen LogP contribution is 2.08. The van der Waals surface area contributed by atoms with Crippen LogP contribution in [0, 0.1) is 0 Å². The number of rotatable bonds is 6. The van der Waals surface area contributed by atoms with Gasteiger partial charge in [-0.05, 0) is 31.9 Å². The van der Waals surface area contributed by atoms with E-state index in [0.29, 0.717) is 0 Å². The molecule has 1 aromatic rings. The van der Waals surface area contributed by atoms with Gasteiger partial charge >= 0.3 is 0 Å². The number of hydrogen-bond acceptors (Lipinski definition) is 2. The second kappa shape index (κ2) is 6.27. The van der Waals surface area contributed by atoms with Gasteiger partial charge < -0.3 is 10.2 Å². The van der Waals surface area contributed by atoms with Crippen LogP contribution >= 0.6 is 0 Å². The molecule has 0 aliphatic heterocycles. The van der Waals surface area contributed by atoms with Crippen LogP contribution in [0.5, 0.6) is 0 Å². The maximum atomic E-state index is 5.76. The molecule has 0 spiro atoms. The Morgan fingerprint density at radius 3 is 3.00 bits per heavy atom. The van der Waals surface area contributed by atoms with Crippen LogP contribution in [-0.4, -0.2) is 11.9 Å². The highest BCUT2D eigenvalue weighted by molar-refractivity contribution is 5.80. The Labute approximate surface area is 91.4 Å². The third-order valence-electron chi connectivity index (χ3n) is 2.28. The molecular formula is C12H20N2O. The molecule has 0 saturated heterocycles. The van der Waals surface area contributed by atoms with Crippen LogP contribution in [0.4, 0.5) is 0 Å². The normalized spacial score (nSPS) is 14.1. The predicted octanol–water partition coefficient (Wildman–Crippen LogP) is 2.76. The average molecular weight is 208 g/mol. The fourth-order valence-electron chi connectivity index (χ4n) is 1.47. The summed E-state index contributed by atoms with van der Waals surface area (Å²) in [6, 6.07) is 4.18. The van der Waals surface area contributed by atoms with Crippen LogP contribution in [0.15, 0.2) is 27.8 Å². The van der Waals surface area contributed by atoms with Crippen molar-refractivity contribution in [1.29, 1.82) is 0 Å². The van der Waals surface area contributed by atoms with Gasteiger partial charge in [0.05, 0.1) is 12.1 Å². The molecule has 1 heterocycles. The van der Waals surface area contributed by atoms with Crippen molar-refractivity contribution in [3.63, 3.8) is 0 Å². The molecule has 84 valence electrons. The van der Waals surface area contributed by atoms with Crippen molar-refractivity contribution in [1.82, 2.24) is 0 Å². The second-order valence-electron chi connectivity index (χ2n) is 3.84. The van der Waals surface area contributed by atoms with E-state index in [4.69, 9.17) is 10.2 Å². The van der Waals surface area contributed by atoms with Crippen LogP contribution < -0.4 is 5.73 Å². The van der Waals surface area contributed by atoms with Crippen molar-refractivity contribution < 1.29 is 4.42 Å². The van der Waals surface area contributed by atoms with Gasteiger partial charge in [-0.1, -0.05) is 6.92 Å². The molecule has 0 fully saturated rings. The second-order valence-corrected chi connectivity index (χ2v) is 3.84. The number of aliphatic imine (C=N–C) groups is 1. The lowest BCUT2D eigenvalue weighted by Gasteiger charge is -2.06. The third-order valence-corrected chi connectivity index (χ3v) is 2.28. The summed E-state index contributed by atoms with van der Waals surface area (Å²) in [5, 5.41) is 0. The SMILES string of the molecule is CCCC(N)=NC(C)CCc1ccco1. The summed E-state index contributed by atoms with van der Waals surface area (Å²) in [7, 11) is 0. The zero-order chi connectivity index (χ0) is 11.1. The lowest BCUT2D eigenvalue weighted by Crippen LogP contribution is -2.15. The van der Waals surface area contributed by atoms with Crippen LogP contribution in [0.1, 0.15) is 38.9 Å². The molecule has 1 aromatic heterocycles. The van der Waals surface area contributed by atoms with Crippen molar-refractivity contribution in [2.24, 2.45) is 10.7 Å². The van der Waals surface area contributed by atoms with E-state index in [1.807, 2.05) is 12.1 Å². The highest BCUT2D eigenvalue weighted by Gasteiger charge is 2.03. The number of furan rings is 1. The number of hydrogen-bond donors (Lipinski definition) is 1. The average Bonchev–Trinajstić information content (AvgIpc) is 2.67. The lowest BCUT2D eigenvalue weighted by atomic mass is 10.1. The largest absolute Gasteiger partial charge is 0.469 e. The van der Waals surface area contributed by atoms with Gasteiger partial charge in [0.25, 0.3) is 0 Å². The first-order valence-corrected chi connectivity index (χ1v) is 5.57. The molecule has 0 aliphatic carbocycles. The molecule has 0 amide bonds. The van der Waals surface area contributed by atoms with E-state index in [2.05, 4.69) is 18.8 Å². The van der Waals surface area contributed by atoms with E-state index in [9.17, 15) is 0 Å². The summed E-state index contributed by atoms with van der Waals surface area (Å²) < 4.78 is 5.26. The third kappa shape index (κ3) is 4.68. The fraction of sp³-hybridized carbons (Fsp3) is 0.583. The molecule has 0 bridgehead atoms. The van der Waals surface area contributed by atoms with Gasteiger partial charge in [-0.2, -0.15) is 0 Å². The van der Waals surface area contributed by atoms with E-state index in [0.717, 1.165) is 37.3 Å². The van der Waals surface area contributed by atoms with E-state index in [-0.39, 0.29) is 6.04 Å². The Bertz CT molecular complexity index is 291. The smallest absolute Gasteiger partial charge is 0.103 e. The molecule has 1 rings (SSSR count). The maximum absolute atomic E-state index is 5.76. The minimum absolute atomic E-state index is 0.279. The van der Waals surface area contributed by atoms with Gasteiger partial charge in [0.15, 0.2) is 0 Å². The molecule has 1 unspecified atom stereocenters. The van der Waals surface area contributed by atoms with Crippen molar-refractivity contribution >= 4 is 5.84 Å². The first-order chi connectivity index (χ1) is 7.22. The Kier molecular flexibility index (Phi) is 4.95. The van der Waals surface area contributed by atoms with Crippen molar-refractivity contribution in [2.45, 2.75) is 45.6 Å². The highest BCUT2D eigenvalue weighted by atomic mass is 16.3. The van der Waals surface area contributed by atoms with Crippen molar-refractivity contribution in [3.05, 3.63) is 24.2 Å². The zero-order valence-corrected chi connectivity index (χ0v) is 9.57. The quantitative estimate of drug-likeness (QED) is 0.577. The molecule has 0 saturated carbocycles. The maximum Gasteiger partial charge on any atom is 0.103 e. The molecule has 2 N–H and O–H groups in total. The first kappa shape index (κ1) is 11.8. The van der Waals surface area contributed by atoms with E-state index in [1.165, 1.54) is 0 Å². The monoisotopic (exact) mass is 208 g/mol. The Morgan fingerprint density at radius 2 is 2.40 bits per heavy atom. The Morgan fingerprint density at radius 1 is 1.60 bits per heavy atom. The molecule has 0 aromatic carbocycles. The Hall–Kier alpha value is -1.25. The lowest BCUT2D eigenvalue weighted by molar-refractivity contribution is 0.491. The number of nitrogens with two attached hydrogens (primary N) is 1. The summed E-state index contributed by atoms with van der Waals surface area (Å²) in [4.78, 5) is 4.42. The van der Waals surface area contributed by atoms with Gasteiger partial charge in [0, 0.05) is 18.9 Å². The van der Waals surface area contributed by atoms with Crippen LogP contribution in [0.3, 0.4) is 0 Å². The van der Waals surface area contributed by atoms with Crippen LogP contribution in [-0.2, 0) is 6.42 Å². The van der Waals surface area contributed by atoms with Gasteiger partial charge in [-0.3, -0.25) is 4.99 Å². The topological polar surface area (TPSA) is 51.5 Å². The van der Waals surface area contributed by atoms with Gasteiger partial charge in [0.1, 0.15) is 5.76 Å². The minimum Gasteiger partial charge on any atom is -0.469 e. The zero-order valence-electron chi connectivity index (χ0n) is 9.57. The Balaban J connectivity index is 2.29. The molecule has 3 nitrogen and oxygen atoms in total. The molecule has 0 radical (unpaired) electrons. The predicted molar refractivity (Wildman–Crippen MR) is 63.0 cm³/mol. The van der Waals surface area contributed by atoms with Gasteiger partial charge in [-0.25, -0.2) is 0 Å². The van der Waals surface area contributed by atoms with E-state index in [1.54, 1.807) is 6.26 Å². The number of amidine groups is 1. The summed E-state index contributed by atoms with van der Waals surface area (Å²) in [5.74, 6) is 1.79. The summed E-state index contributed by atoms with van der Waals surface area (Å²) in [6.45, 7) is 4.20. The minimum atomic E-state index is 0.279. The van der Waals surface area contributed by atoms with Gasteiger partial charge in [0.2, 0.25) is 0 Å². The van der Waals surface area contributed by atoms with Crippen LogP contribution in [0.2, 0.25) is 0 Å². The number of nitrogens with zero attached hydrogens (tertiary/aromatic N) is 1. The van der Waals surface area contributed by atoms with Gasteiger partial charge in [-0.15, -0.1) is 0 Å². The molecule has 3 heteroatoms. The number of aryl methyl sites for hydroxylation is 1. The first-order valence-electron chi connectivity index (χ1n) is 5.57. The molecule has 0 aliphatic rings. The standard InChI is InChI=1S/C12H20N2O/c1-3-5-12(13)14-10(2)7-8-11-6-4-9-15-11/h4,6,9-10H,3,5,7-8H2,1-2H3,(H2,13,14). The van der Waals surface area contributed by atoms with E-state index < -0.39 is 0 Å². The van der Waals surface area contributed by atoms with Crippen molar-refractivity contribution in [3.8, 4) is 0 Å². The fourth-order valence-corrected chi connectivity index (χ4v) is 1.47. The summed E-state index contributed by atoms with van der Waals surface area (Å²) in [6.07, 6.45) is 5.56. The van der Waals surface area contributed by atoms with Crippen molar-refractivity contribution in [2.75, 3.05) is 0 Å². The summed E-state index contributed by atoms with van der Waals surface area (Å²) in [5.41, 5.74) is 5.76. The summed E-state index contributed by atoms with van der Waals surface area (Å²) >= 11 is 0.